The number of hydrogen-bond donors (Lipinski definition) is 2. The van der Waals surface area contributed by atoms with Crippen LogP contribution < -0.4 is 5.46 Å². The minimum atomic E-state index is -1.38. The molecule has 0 spiro atoms. The van der Waals surface area contributed by atoms with Crippen LogP contribution in [0.2, 0.25) is 5.15 Å². The molecule has 0 aliphatic rings. The number of aromatic nitrogens is 1. The van der Waals surface area contributed by atoms with Crippen LogP contribution in [0.5, 0.6) is 0 Å². The molecule has 0 bridgehead atoms. The maximum Gasteiger partial charge on any atom is 0.488 e. The predicted octanol–water partition coefficient (Wildman–Crippen LogP) is 8.29. The molecule has 0 aliphatic heterocycles. The van der Waals surface area contributed by atoms with Gasteiger partial charge in [0.2, 0.25) is 0 Å². The van der Waals surface area contributed by atoms with Gasteiger partial charge in [0.25, 0.3) is 0 Å². The van der Waals surface area contributed by atoms with Gasteiger partial charge in [0.15, 0.2) is 0 Å². The van der Waals surface area contributed by atoms with Gasteiger partial charge in [-0.05, 0) is 75.9 Å². The topological polar surface area (TPSA) is 53.4 Å². The molecule has 6 aromatic rings. The van der Waals surface area contributed by atoms with Crippen LogP contribution in [0.4, 0.5) is 0 Å². The highest BCUT2D eigenvalue weighted by Gasteiger charge is 2.09. The van der Waals surface area contributed by atoms with E-state index in [1.54, 1.807) is 24.3 Å². The number of para-hydroxylation sites is 1. The molecule has 3 nitrogen and oxygen atoms in total. The highest BCUT2D eigenvalue weighted by atomic mass is 79.9. The average Bonchev–Trinajstić information content (AvgIpc) is 2.93. The fourth-order valence-corrected chi connectivity index (χ4v) is 4.72. The minimum absolute atomic E-state index is 0.495. The second kappa shape index (κ2) is 13.7. The van der Waals surface area contributed by atoms with E-state index < -0.39 is 7.12 Å². The number of fused-ring (bicyclic) bond motifs is 2. The van der Waals surface area contributed by atoms with Crippen molar-refractivity contribution in [1.82, 2.24) is 4.98 Å². The first-order valence-electron chi connectivity index (χ1n) is 11.8. The van der Waals surface area contributed by atoms with E-state index in [4.69, 9.17) is 21.6 Å². The summed E-state index contributed by atoms with van der Waals surface area (Å²) in [6.45, 7) is 0. The van der Waals surface area contributed by atoms with Crippen molar-refractivity contribution >= 4 is 77.7 Å². The molecule has 0 unspecified atom stereocenters. The Kier molecular flexibility index (Phi) is 10.1. The summed E-state index contributed by atoms with van der Waals surface area (Å²) in [5, 5.41) is 21.6. The fraction of sp³-hybridized carbons (Fsp3) is 0. The van der Waals surface area contributed by atoms with Crippen molar-refractivity contribution in [3.63, 3.8) is 0 Å². The standard InChI is InChI=1S/C16H11Br.C9H6ClN.C6H6BBrO2/c17-16-7-3-6-14(11-16)15-9-8-12-4-1-2-5-13(12)10-15;10-9-6-5-7-3-1-2-4-8(7)11-9;8-6-3-1-2-5(4-6)7(9)10/h1-11H;1-6H;1-4,9-10H. The highest BCUT2D eigenvalue weighted by Crippen LogP contribution is 2.26. The summed E-state index contributed by atoms with van der Waals surface area (Å²) in [5.41, 5.74) is 3.93. The number of hydrogen-bond acceptors (Lipinski definition) is 3. The largest absolute Gasteiger partial charge is 0.488 e. The zero-order valence-corrected chi connectivity index (χ0v) is 24.1. The number of pyridine rings is 1. The van der Waals surface area contributed by atoms with E-state index in [1.165, 1.54) is 21.9 Å². The molecule has 0 saturated heterocycles. The summed E-state index contributed by atoms with van der Waals surface area (Å²) < 4.78 is 1.96. The molecule has 0 aliphatic carbocycles. The van der Waals surface area contributed by atoms with Gasteiger partial charge in [-0.2, -0.15) is 0 Å². The van der Waals surface area contributed by atoms with Gasteiger partial charge in [0.05, 0.1) is 5.52 Å². The molecule has 7 heteroatoms. The summed E-state index contributed by atoms with van der Waals surface area (Å²) in [6, 6.07) is 41.9. The van der Waals surface area contributed by atoms with Crippen LogP contribution in [-0.2, 0) is 0 Å². The third kappa shape index (κ3) is 8.00. The van der Waals surface area contributed by atoms with Crippen LogP contribution in [-0.4, -0.2) is 22.2 Å². The molecule has 0 atom stereocenters. The lowest BCUT2D eigenvalue weighted by molar-refractivity contribution is 0.426. The van der Waals surface area contributed by atoms with Crippen molar-refractivity contribution in [3.05, 3.63) is 141 Å². The second-order valence-corrected chi connectivity index (χ2v) is 10.5. The first-order chi connectivity index (χ1) is 18.4. The Hall–Kier alpha value is -3.00. The van der Waals surface area contributed by atoms with Crippen molar-refractivity contribution in [3.8, 4) is 11.1 Å². The molecule has 188 valence electrons. The maximum atomic E-state index is 8.68. The average molecular weight is 648 g/mol. The molecular weight excluding hydrogens is 624 g/mol. The van der Waals surface area contributed by atoms with Crippen molar-refractivity contribution in [2.45, 2.75) is 0 Å². The third-order valence-corrected chi connectivity index (χ3v) is 6.82. The Balaban J connectivity index is 0.000000140. The van der Waals surface area contributed by atoms with E-state index in [2.05, 4.69) is 97.5 Å². The molecule has 0 radical (unpaired) electrons. The summed E-state index contributed by atoms with van der Waals surface area (Å²) >= 11 is 12.4. The number of benzene rings is 5. The smallest absolute Gasteiger partial charge is 0.423 e. The monoisotopic (exact) mass is 645 g/mol. The number of halogens is 3. The second-order valence-electron chi connectivity index (χ2n) is 8.33. The first-order valence-corrected chi connectivity index (χ1v) is 13.7. The molecule has 38 heavy (non-hydrogen) atoms. The van der Waals surface area contributed by atoms with Crippen LogP contribution in [0.15, 0.2) is 136 Å². The normalized spacial score (nSPS) is 10.2. The van der Waals surface area contributed by atoms with E-state index in [-0.39, 0.29) is 0 Å². The van der Waals surface area contributed by atoms with Gasteiger partial charge in [0, 0.05) is 14.3 Å². The van der Waals surface area contributed by atoms with E-state index in [1.807, 2.05) is 42.5 Å². The number of nitrogens with zero attached hydrogens (tertiary/aromatic N) is 1. The molecule has 6 rings (SSSR count). The lowest BCUT2D eigenvalue weighted by Crippen LogP contribution is -2.29. The van der Waals surface area contributed by atoms with Crippen LogP contribution in [0.25, 0.3) is 32.8 Å². The Bertz CT molecular complexity index is 1660. The zero-order valence-electron chi connectivity index (χ0n) is 20.2. The van der Waals surface area contributed by atoms with Gasteiger partial charge in [-0.25, -0.2) is 4.98 Å². The molecule has 0 amide bonds. The Morgan fingerprint density at radius 3 is 1.84 bits per heavy atom. The number of rotatable bonds is 2. The van der Waals surface area contributed by atoms with Gasteiger partial charge < -0.3 is 10.0 Å². The van der Waals surface area contributed by atoms with Gasteiger partial charge in [-0.15, -0.1) is 0 Å². The molecular formula is C31H23BBr2ClNO2. The summed E-state index contributed by atoms with van der Waals surface area (Å²) in [5.74, 6) is 0. The van der Waals surface area contributed by atoms with Crippen molar-refractivity contribution in [1.29, 1.82) is 0 Å². The van der Waals surface area contributed by atoms with Crippen molar-refractivity contribution < 1.29 is 10.0 Å². The fourth-order valence-electron chi connectivity index (χ4n) is 3.75. The van der Waals surface area contributed by atoms with Gasteiger partial charge >= 0.3 is 7.12 Å². The maximum absolute atomic E-state index is 8.68. The molecule has 0 fully saturated rings. The highest BCUT2D eigenvalue weighted by molar-refractivity contribution is 9.10. The quantitative estimate of drug-likeness (QED) is 0.147. The van der Waals surface area contributed by atoms with Gasteiger partial charge in [-0.1, -0.05) is 122 Å². The molecule has 2 N–H and O–H groups in total. The van der Waals surface area contributed by atoms with E-state index >= 15 is 0 Å². The van der Waals surface area contributed by atoms with E-state index in [9.17, 15) is 0 Å². The summed E-state index contributed by atoms with van der Waals surface area (Å²) in [6.07, 6.45) is 0. The molecule has 1 heterocycles. The van der Waals surface area contributed by atoms with Crippen LogP contribution >= 0.6 is 43.5 Å². The minimum Gasteiger partial charge on any atom is -0.423 e. The first kappa shape index (κ1) is 28.0. The van der Waals surface area contributed by atoms with E-state index in [0.29, 0.717) is 10.6 Å². The molecule has 5 aromatic carbocycles. The van der Waals surface area contributed by atoms with Crippen molar-refractivity contribution in [2.24, 2.45) is 0 Å². The lowest BCUT2D eigenvalue weighted by Gasteiger charge is -2.04. The SMILES string of the molecule is Brc1cccc(-c2ccc3ccccc3c2)c1.Clc1ccc2ccccc2n1.OB(O)c1cccc(Br)c1. The Labute approximate surface area is 244 Å². The van der Waals surface area contributed by atoms with Crippen LogP contribution in [0, 0.1) is 0 Å². The molecule has 1 aromatic heterocycles. The van der Waals surface area contributed by atoms with E-state index in [0.717, 1.165) is 19.8 Å². The summed E-state index contributed by atoms with van der Waals surface area (Å²) in [4.78, 5) is 4.14. The summed E-state index contributed by atoms with van der Waals surface area (Å²) in [7, 11) is -1.38. The Morgan fingerprint density at radius 2 is 1.16 bits per heavy atom. The van der Waals surface area contributed by atoms with Gasteiger partial charge in [-0.3, -0.25) is 0 Å². The molecule has 0 saturated carbocycles. The zero-order chi connectivity index (χ0) is 26.9. The van der Waals surface area contributed by atoms with Gasteiger partial charge in [0.1, 0.15) is 5.15 Å². The third-order valence-electron chi connectivity index (χ3n) is 5.62. The van der Waals surface area contributed by atoms with Crippen LogP contribution in [0.1, 0.15) is 0 Å². The predicted molar refractivity (Wildman–Crippen MR) is 168 cm³/mol. The van der Waals surface area contributed by atoms with Crippen molar-refractivity contribution in [2.75, 3.05) is 0 Å². The van der Waals surface area contributed by atoms with Crippen LogP contribution in [0.3, 0.4) is 0 Å². The Morgan fingerprint density at radius 1 is 0.553 bits per heavy atom. The lowest BCUT2D eigenvalue weighted by atomic mass is 9.81.